The zero-order valence-corrected chi connectivity index (χ0v) is 14.6. The van der Waals surface area contributed by atoms with Crippen LogP contribution in [-0.2, 0) is 0 Å². The van der Waals surface area contributed by atoms with Crippen LogP contribution in [0.5, 0.6) is 11.5 Å². The van der Waals surface area contributed by atoms with E-state index in [0.717, 1.165) is 16.0 Å². The molecule has 1 unspecified atom stereocenters. The van der Waals surface area contributed by atoms with Crippen molar-refractivity contribution in [3.8, 4) is 11.5 Å². The van der Waals surface area contributed by atoms with E-state index in [0.29, 0.717) is 6.61 Å². The van der Waals surface area contributed by atoms with E-state index in [2.05, 4.69) is 37.9 Å². The van der Waals surface area contributed by atoms with Crippen molar-refractivity contribution in [1.82, 2.24) is 0 Å². The smallest absolute Gasteiger partial charge is 0.129 e. The third-order valence-corrected chi connectivity index (χ3v) is 5.59. The number of alkyl halides is 1. The van der Waals surface area contributed by atoms with E-state index in [1.807, 2.05) is 30.5 Å². The maximum absolute atomic E-state index is 5.49. The second-order valence-corrected chi connectivity index (χ2v) is 6.58. The summed E-state index contributed by atoms with van der Waals surface area (Å²) in [6.45, 7) is 2.65. The van der Waals surface area contributed by atoms with Crippen LogP contribution in [0.2, 0.25) is 0 Å². The third kappa shape index (κ3) is 3.52. The van der Waals surface area contributed by atoms with Gasteiger partial charge < -0.3 is 9.47 Å². The quantitative estimate of drug-likeness (QED) is 0.619. The molecule has 0 aliphatic carbocycles. The van der Waals surface area contributed by atoms with Crippen LogP contribution in [0.4, 0.5) is 0 Å². The van der Waals surface area contributed by atoms with Gasteiger partial charge in [0.1, 0.15) is 11.5 Å². The predicted molar refractivity (Wildman–Crippen MR) is 87.0 cm³/mol. The first kappa shape index (κ1) is 14.9. The first-order chi connectivity index (χ1) is 9.15. The summed E-state index contributed by atoms with van der Waals surface area (Å²) in [7, 11) is 1.68. The molecule has 0 aliphatic heterocycles. The highest BCUT2D eigenvalue weighted by molar-refractivity contribution is 9.11. The molecule has 19 heavy (non-hydrogen) atoms. The van der Waals surface area contributed by atoms with Crippen LogP contribution in [0.1, 0.15) is 22.2 Å². The molecular formula is C14H14Br2O2S. The number of benzene rings is 1. The van der Waals surface area contributed by atoms with Gasteiger partial charge >= 0.3 is 0 Å². The van der Waals surface area contributed by atoms with E-state index in [1.54, 1.807) is 18.4 Å². The molecule has 2 rings (SSSR count). The van der Waals surface area contributed by atoms with Crippen LogP contribution in [0, 0.1) is 0 Å². The second kappa shape index (κ2) is 6.77. The molecule has 5 heteroatoms. The van der Waals surface area contributed by atoms with E-state index in [-0.39, 0.29) is 4.83 Å². The third-order valence-electron chi connectivity index (χ3n) is 2.64. The van der Waals surface area contributed by atoms with Gasteiger partial charge in [-0.05, 0) is 30.7 Å². The van der Waals surface area contributed by atoms with E-state index >= 15 is 0 Å². The minimum Gasteiger partial charge on any atom is -0.496 e. The Balaban J connectivity index is 2.25. The molecule has 0 N–H and O–H groups in total. The average molecular weight is 406 g/mol. The fourth-order valence-electron chi connectivity index (χ4n) is 1.70. The molecule has 2 aromatic rings. The highest BCUT2D eigenvalue weighted by Gasteiger charge is 2.16. The van der Waals surface area contributed by atoms with Gasteiger partial charge in [0.15, 0.2) is 0 Å². The van der Waals surface area contributed by atoms with Crippen LogP contribution in [-0.4, -0.2) is 13.7 Å². The highest BCUT2D eigenvalue weighted by atomic mass is 79.9. The number of hydrogen-bond donors (Lipinski definition) is 0. The Hall–Kier alpha value is -0.520. The fourth-order valence-corrected chi connectivity index (χ4v) is 4.29. The van der Waals surface area contributed by atoms with Crippen molar-refractivity contribution in [2.45, 2.75) is 11.8 Å². The molecule has 0 bridgehead atoms. The van der Waals surface area contributed by atoms with E-state index in [1.165, 1.54) is 10.4 Å². The predicted octanol–water partition coefficient (Wildman–Crippen LogP) is 5.40. The lowest BCUT2D eigenvalue weighted by atomic mass is 10.1. The van der Waals surface area contributed by atoms with Crippen molar-refractivity contribution in [1.29, 1.82) is 0 Å². The summed E-state index contributed by atoms with van der Waals surface area (Å²) in [6, 6.07) is 8.11. The molecule has 0 radical (unpaired) electrons. The monoisotopic (exact) mass is 404 g/mol. The summed E-state index contributed by atoms with van der Waals surface area (Å²) in [5.41, 5.74) is 1.17. The summed E-state index contributed by atoms with van der Waals surface area (Å²) in [6.07, 6.45) is 0. The van der Waals surface area contributed by atoms with Crippen LogP contribution in [0.25, 0.3) is 0 Å². The van der Waals surface area contributed by atoms with Crippen molar-refractivity contribution in [2.24, 2.45) is 0 Å². The molecule has 0 fully saturated rings. The Morgan fingerprint density at radius 3 is 2.63 bits per heavy atom. The molecular weight excluding hydrogens is 392 g/mol. The summed E-state index contributed by atoms with van der Waals surface area (Å²) < 4.78 is 11.7. The van der Waals surface area contributed by atoms with Crippen molar-refractivity contribution < 1.29 is 9.47 Å². The molecule has 1 atom stereocenters. The molecule has 0 amide bonds. The maximum atomic E-state index is 5.49. The van der Waals surface area contributed by atoms with Crippen molar-refractivity contribution in [3.05, 3.63) is 44.6 Å². The molecule has 1 aromatic heterocycles. The molecule has 0 spiro atoms. The molecule has 0 saturated heterocycles. The van der Waals surface area contributed by atoms with Crippen LogP contribution in [0.3, 0.4) is 0 Å². The lowest BCUT2D eigenvalue weighted by Crippen LogP contribution is -1.95. The minimum absolute atomic E-state index is 0.145. The molecule has 102 valence electrons. The Labute approximate surface area is 134 Å². The standard InChI is InChI=1S/C14H14Br2O2S/c1-3-18-9-4-5-11(12(15)6-9)14(16)13-7-10(17-2)8-19-13/h4-8,14H,3H2,1-2H3. The molecule has 0 aliphatic rings. The summed E-state index contributed by atoms with van der Waals surface area (Å²) in [4.78, 5) is 1.35. The second-order valence-electron chi connectivity index (χ2n) is 3.87. The summed E-state index contributed by atoms with van der Waals surface area (Å²) in [5, 5.41) is 2.01. The molecule has 1 aromatic carbocycles. The van der Waals surface area contributed by atoms with Crippen LogP contribution >= 0.6 is 43.2 Å². The first-order valence-corrected chi connectivity index (χ1v) is 8.43. The van der Waals surface area contributed by atoms with Crippen molar-refractivity contribution in [3.63, 3.8) is 0 Å². The minimum atomic E-state index is 0.145. The number of halogens is 2. The normalized spacial score (nSPS) is 12.2. The molecule has 0 saturated carbocycles. The van der Waals surface area contributed by atoms with E-state index < -0.39 is 0 Å². The number of methoxy groups -OCH3 is 1. The van der Waals surface area contributed by atoms with E-state index in [9.17, 15) is 0 Å². The Morgan fingerprint density at radius 1 is 1.26 bits per heavy atom. The number of hydrogen-bond acceptors (Lipinski definition) is 3. The molecule has 2 nitrogen and oxygen atoms in total. The maximum Gasteiger partial charge on any atom is 0.129 e. The topological polar surface area (TPSA) is 18.5 Å². The van der Waals surface area contributed by atoms with Gasteiger partial charge in [-0.1, -0.05) is 37.9 Å². The summed E-state index contributed by atoms with van der Waals surface area (Å²) in [5.74, 6) is 1.77. The highest BCUT2D eigenvalue weighted by Crippen LogP contribution is 2.40. The SMILES string of the molecule is CCOc1ccc(C(Br)c2cc(OC)cs2)c(Br)c1. The number of rotatable bonds is 5. The van der Waals surface area contributed by atoms with E-state index in [4.69, 9.17) is 9.47 Å². The van der Waals surface area contributed by atoms with Gasteiger partial charge in [0, 0.05) is 14.7 Å². The fraction of sp³-hybridized carbons (Fsp3) is 0.286. The van der Waals surface area contributed by atoms with Crippen molar-refractivity contribution in [2.75, 3.05) is 13.7 Å². The van der Waals surface area contributed by atoms with Gasteiger partial charge in [0.25, 0.3) is 0 Å². The Bertz CT molecular complexity index is 554. The Morgan fingerprint density at radius 2 is 2.05 bits per heavy atom. The zero-order valence-electron chi connectivity index (χ0n) is 10.7. The zero-order chi connectivity index (χ0) is 13.8. The van der Waals surface area contributed by atoms with Gasteiger partial charge in [-0.2, -0.15) is 0 Å². The van der Waals surface area contributed by atoms with Gasteiger partial charge in [-0.3, -0.25) is 0 Å². The van der Waals surface area contributed by atoms with Gasteiger partial charge in [0.05, 0.1) is 18.5 Å². The lowest BCUT2D eigenvalue weighted by molar-refractivity contribution is 0.340. The van der Waals surface area contributed by atoms with Gasteiger partial charge in [0.2, 0.25) is 0 Å². The van der Waals surface area contributed by atoms with Crippen molar-refractivity contribution >= 4 is 43.2 Å². The largest absolute Gasteiger partial charge is 0.496 e. The van der Waals surface area contributed by atoms with Gasteiger partial charge in [-0.25, -0.2) is 0 Å². The number of ether oxygens (including phenoxy) is 2. The summed E-state index contributed by atoms with van der Waals surface area (Å²) >= 11 is 9.01. The lowest BCUT2D eigenvalue weighted by Gasteiger charge is -2.12. The Kier molecular flexibility index (Phi) is 5.30. The average Bonchev–Trinajstić information content (AvgIpc) is 2.87. The molecule has 1 heterocycles. The van der Waals surface area contributed by atoms with Crippen LogP contribution < -0.4 is 9.47 Å². The van der Waals surface area contributed by atoms with Crippen LogP contribution in [0.15, 0.2) is 34.1 Å². The number of thiophene rings is 1. The van der Waals surface area contributed by atoms with Gasteiger partial charge in [-0.15, -0.1) is 11.3 Å². The first-order valence-electron chi connectivity index (χ1n) is 5.84.